The monoisotopic (exact) mass is 297 g/mol. The molecule has 0 spiro atoms. The van der Waals surface area contributed by atoms with Crippen LogP contribution >= 0.6 is 11.6 Å². The molecular weight excluding hydrogens is 286 g/mol. The Hall–Kier alpha value is -1.30. The second-order valence-corrected chi connectivity index (χ2v) is 4.37. The molecule has 0 aliphatic rings. The van der Waals surface area contributed by atoms with Gasteiger partial charge in [0.2, 0.25) is 0 Å². The zero-order chi connectivity index (χ0) is 14.6. The Bertz CT molecular complexity index is 462. The molecule has 1 aromatic carbocycles. The maximum absolute atomic E-state index is 13.1. The van der Waals surface area contributed by atoms with Crippen LogP contribution in [0, 0.1) is 12.7 Å². The molecule has 0 radical (unpaired) electrons. The second-order valence-electron chi connectivity index (χ2n) is 3.99. The van der Waals surface area contributed by atoms with E-state index in [0.29, 0.717) is 4.90 Å². The molecule has 0 saturated heterocycles. The second kappa shape index (κ2) is 6.23. The maximum Gasteiger partial charge on any atom is 0.406 e. The molecule has 0 aromatic heterocycles. The van der Waals surface area contributed by atoms with Crippen LogP contribution in [0.25, 0.3) is 0 Å². The van der Waals surface area contributed by atoms with Crippen LogP contribution in [0.15, 0.2) is 18.2 Å². The molecule has 106 valence electrons. The van der Waals surface area contributed by atoms with Gasteiger partial charge >= 0.3 is 6.18 Å². The number of alkyl halides is 4. The molecule has 0 unspecified atom stereocenters. The summed E-state index contributed by atoms with van der Waals surface area (Å²) in [7, 11) is 0. The van der Waals surface area contributed by atoms with E-state index in [1.807, 2.05) is 0 Å². The molecule has 1 rings (SSSR count). The first-order chi connectivity index (χ1) is 8.74. The fourth-order valence-corrected chi connectivity index (χ4v) is 1.74. The quantitative estimate of drug-likeness (QED) is 0.616. The fraction of sp³-hybridized carbons (Fsp3) is 0.417. The van der Waals surface area contributed by atoms with E-state index in [-0.39, 0.29) is 23.6 Å². The molecule has 7 heteroatoms. The molecule has 0 aliphatic carbocycles. The molecule has 0 N–H and O–H groups in total. The predicted molar refractivity (Wildman–Crippen MR) is 63.8 cm³/mol. The standard InChI is InChI=1S/C12H12ClF4NO/c1-8-6-9(2-3-10(8)14)11(19)18(5-4-13)7-12(15,16)17/h2-3,6H,4-5,7H2,1H3. The Morgan fingerprint density at radius 2 is 2.00 bits per heavy atom. The van der Waals surface area contributed by atoms with Crippen LogP contribution in [0.4, 0.5) is 17.6 Å². The Morgan fingerprint density at radius 3 is 2.47 bits per heavy atom. The van der Waals surface area contributed by atoms with Gasteiger partial charge in [0.25, 0.3) is 5.91 Å². The molecule has 0 fully saturated rings. The number of amides is 1. The van der Waals surface area contributed by atoms with E-state index in [9.17, 15) is 22.4 Å². The van der Waals surface area contributed by atoms with E-state index in [2.05, 4.69) is 0 Å². The van der Waals surface area contributed by atoms with Crippen molar-refractivity contribution in [3.05, 3.63) is 35.1 Å². The lowest BCUT2D eigenvalue weighted by atomic mass is 10.1. The molecule has 2 nitrogen and oxygen atoms in total. The van der Waals surface area contributed by atoms with Crippen LogP contribution in [-0.2, 0) is 0 Å². The predicted octanol–water partition coefficient (Wildman–Crippen LogP) is 3.38. The fourth-order valence-electron chi connectivity index (χ4n) is 1.53. The van der Waals surface area contributed by atoms with Gasteiger partial charge in [-0.05, 0) is 30.7 Å². The van der Waals surface area contributed by atoms with Crippen LogP contribution in [-0.4, -0.2) is 36.0 Å². The summed E-state index contributed by atoms with van der Waals surface area (Å²) in [4.78, 5) is 12.5. The van der Waals surface area contributed by atoms with Gasteiger partial charge in [-0.2, -0.15) is 13.2 Å². The summed E-state index contributed by atoms with van der Waals surface area (Å²) in [6, 6.07) is 3.42. The van der Waals surface area contributed by atoms with E-state index in [1.165, 1.54) is 13.0 Å². The Balaban J connectivity index is 2.95. The molecule has 0 saturated carbocycles. The molecule has 1 aromatic rings. The highest BCUT2D eigenvalue weighted by Crippen LogP contribution is 2.19. The minimum absolute atomic E-state index is 0.00765. The number of aryl methyl sites for hydroxylation is 1. The molecular formula is C12H12ClF4NO. The van der Waals surface area contributed by atoms with Crippen molar-refractivity contribution >= 4 is 17.5 Å². The topological polar surface area (TPSA) is 20.3 Å². The highest BCUT2D eigenvalue weighted by Gasteiger charge is 2.33. The van der Waals surface area contributed by atoms with Crippen molar-refractivity contribution in [2.45, 2.75) is 13.1 Å². The van der Waals surface area contributed by atoms with E-state index in [1.54, 1.807) is 0 Å². The normalized spacial score (nSPS) is 11.5. The van der Waals surface area contributed by atoms with Gasteiger partial charge in [-0.25, -0.2) is 4.39 Å². The Labute approximate surface area is 113 Å². The summed E-state index contributed by atoms with van der Waals surface area (Å²) in [5.74, 6) is -1.44. The smallest absolute Gasteiger partial charge is 0.328 e. The number of hydrogen-bond acceptors (Lipinski definition) is 1. The van der Waals surface area contributed by atoms with Gasteiger partial charge in [0.1, 0.15) is 12.4 Å². The first-order valence-corrected chi connectivity index (χ1v) is 5.96. The van der Waals surface area contributed by atoms with Crippen molar-refractivity contribution in [2.75, 3.05) is 19.0 Å². The lowest BCUT2D eigenvalue weighted by molar-refractivity contribution is -0.140. The third kappa shape index (κ3) is 4.70. The largest absolute Gasteiger partial charge is 0.406 e. The van der Waals surface area contributed by atoms with Crippen LogP contribution in [0.2, 0.25) is 0 Å². The first kappa shape index (κ1) is 15.8. The summed E-state index contributed by atoms with van der Waals surface area (Å²) < 4.78 is 50.1. The molecule has 0 bridgehead atoms. The molecule has 19 heavy (non-hydrogen) atoms. The van der Waals surface area contributed by atoms with Gasteiger partial charge in [0.05, 0.1) is 0 Å². The summed E-state index contributed by atoms with van der Waals surface area (Å²) in [5.41, 5.74) is 0.206. The lowest BCUT2D eigenvalue weighted by Crippen LogP contribution is -2.40. The third-order valence-electron chi connectivity index (χ3n) is 2.42. The number of benzene rings is 1. The van der Waals surface area contributed by atoms with Crippen molar-refractivity contribution in [2.24, 2.45) is 0 Å². The summed E-state index contributed by atoms with van der Waals surface area (Å²) in [6.07, 6.45) is -4.50. The molecule has 0 heterocycles. The first-order valence-electron chi connectivity index (χ1n) is 5.42. The number of rotatable bonds is 4. The Morgan fingerprint density at radius 1 is 1.37 bits per heavy atom. The van der Waals surface area contributed by atoms with E-state index < -0.39 is 24.4 Å². The summed E-state index contributed by atoms with van der Waals surface area (Å²) >= 11 is 5.39. The molecule has 1 amide bonds. The van der Waals surface area contributed by atoms with Crippen molar-refractivity contribution in [3.8, 4) is 0 Å². The number of nitrogens with zero attached hydrogens (tertiary/aromatic N) is 1. The van der Waals surface area contributed by atoms with Crippen molar-refractivity contribution < 1.29 is 22.4 Å². The minimum atomic E-state index is -4.50. The van der Waals surface area contributed by atoms with Crippen molar-refractivity contribution in [1.29, 1.82) is 0 Å². The van der Waals surface area contributed by atoms with Crippen LogP contribution in [0.3, 0.4) is 0 Å². The van der Waals surface area contributed by atoms with E-state index in [4.69, 9.17) is 11.6 Å². The van der Waals surface area contributed by atoms with Gasteiger partial charge in [-0.15, -0.1) is 11.6 Å². The average Bonchev–Trinajstić information content (AvgIpc) is 2.29. The maximum atomic E-state index is 13.1. The third-order valence-corrected chi connectivity index (χ3v) is 2.59. The Kier molecular flexibility index (Phi) is 5.17. The number of carbonyl (C=O) groups is 1. The summed E-state index contributed by atoms with van der Waals surface area (Å²) in [5, 5.41) is 0. The highest BCUT2D eigenvalue weighted by molar-refractivity contribution is 6.18. The van der Waals surface area contributed by atoms with Gasteiger partial charge < -0.3 is 4.90 Å². The van der Waals surface area contributed by atoms with E-state index in [0.717, 1.165) is 12.1 Å². The molecule has 0 aliphatic heterocycles. The lowest BCUT2D eigenvalue weighted by Gasteiger charge is -2.23. The van der Waals surface area contributed by atoms with Crippen molar-refractivity contribution in [3.63, 3.8) is 0 Å². The van der Waals surface area contributed by atoms with Crippen LogP contribution in [0.1, 0.15) is 15.9 Å². The van der Waals surface area contributed by atoms with Gasteiger partial charge in [-0.1, -0.05) is 0 Å². The van der Waals surface area contributed by atoms with E-state index >= 15 is 0 Å². The minimum Gasteiger partial charge on any atom is -0.328 e. The SMILES string of the molecule is Cc1cc(C(=O)N(CCCl)CC(F)(F)F)ccc1F. The zero-order valence-corrected chi connectivity index (χ0v) is 10.9. The number of halogens is 5. The summed E-state index contributed by atoms with van der Waals surface area (Å²) in [6.45, 7) is -0.174. The van der Waals surface area contributed by atoms with Crippen LogP contribution in [0.5, 0.6) is 0 Å². The average molecular weight is 298 g/mol. The highest BCUT2D eigenvalue weighted by atomic mass is 35.5. The van der Waals surface area contributed by atoms with Crippen molar-refractivity contribution in [1.82, 2.24) is 4.90 Å². The zero-order valence-electron chi connectivity index (χ0n) is 10.1. The van der Waals surface area contributed by atoms with Gasteiger partial charge in [-0.3, -0.25) is 4.79 Å². The number of carbonyl (C=O) groups excluding carboxylic acids is 1. The van der Waals surface area contributed by atoms with Gasteiger partial charge in [0, 0.05) is 18.0 Å². The van der Waals surface area contributed by atoms with Gasteiger partial charge in [0.15, 0.2) is 0 Å². The number of hydrogen-bond donors (Lipinski definition) is 0. The van der Waals surface area contributed by atoms with Crippen LogP contribution < -0.4 is 0 Å². The molecule has 0 atom stereocenters.